The van der Waals surface area contributed by atoms with Crippen LogP contribution < -0.4 is 4.90 Å². The van der Waals surface area contributed by atoms with Crippen LogP contribution in [0.15, 0.2) is 17.0 Å². The van der Waals surface area contributed by atoms with Gasteiger partial charge < -0.3 is 14.4 Å². The average Bonchev–Trinajstić information content (AvgIpc) is 2.84. The third-order valence-corrected chi connectivity index (χ3v) is 6.59. The van der Waals surface area contributed by atoms with Crippen molar-refractivity contribution in [2.24, 2.45) is 0 Å². The molecule has 1 unspecified atom stereocenters. The summed E-state index contributed by atoms with van der Waals surface area (Å²) in [5.74, 6) is -3.61. The van der Waals surface area contributed by atoms with E-state index in [1.54, 1.807) is 0 Å². The van der Waals surface area contributed by atoms with Crippen molar-refractivity contribution >= 4 is 34.5 Å². The zero-order chi connectivity index (χ0) is 21.4. The predicted octanol–water partition coefficient (Wildman–Crippen LogP) is 3.66. The third-order valence-electron chi connectivity index (χ3n) is 3.79. The highest BCUT2D eigenvalue weighted by molar-refractivity contribution is 8.01. The van der Waals surface area contributed by atoms with Crippen molar-refractivity contribution in [3.8, 4) is 0 Å². The molecule has 2 rings (SSSR count). The summed E-state index contributed by atoms with van der Waals surface area (Å²) in [4.78, 5) is 13.0. The van der Waals surface area contributed by atoms with Crippen LogP contribution >= 0.6 is 11.8 Å². The van der Waals surface area contributed by atoms with Gasteiger partial charge in [-0.05, 0) is 24.2 Å². The minimum atomic E-state index is -4.71. The van der Waals surface area contributed by atoms with Crippen LogP contribution in [0.5, 0.6) is 0 Å². The van der Waals surface area contributed by atoms with Gasteiger partial charge in [-0.3, -0.25) is 4.79 Å². The molecule has 0 saturated carbocycles. The van der Waals surface area contributed by atoms with Crippen LogP contribution in [-0.4, -0.2) is 58.3 Å². The first kappa shape index (κ1) is 22.9. The molecule has 1 saturated heterocycles. The number of benzene rings is 1. The van der Waals surface area contributed by atoms with E-state index < -0.39 is 53.0 Å². The summed E-state index contributed by atoms with van der Waals surface area (Å²) in [5.41, 5.74) is -1.55. The molecule has 1 fully saturated rings. The topological polar surface area (TPSA) is 46.6 Å². The molecule has 0 aliphatic carbocycles. The Bertz CT molecular complexity index is 742. The maximum Gasteiger partial charge on any atom is 0.433 e. The van der Waals surface area contributed by atoms with Gasteiger partial charge in [0.1, 0.15) is 12.4 Å². The van der Waals surface area contributed by atoms with Gasteiger partial charge in [0.05, 0.1) is 11.4 Å². The molecule has 0 spiro atoms. The molecule has 0 N–H and O–H groups in total. The first-order chi connectivity index (χ1) is 12.7. The Morgan fingerprint density at radius 2 is 1.86 bits per heavy atom. The van der Waals surface area contributed by atoms with E-state index in [1.807, 2.05) is 0 Å². The Balaban J connectivity index is 2.35. The first-order valence-corrected chi connectivity index (χ1v) is 10.0. The lowest BCUT2D eigenvalue weighted by Gasteiger charge is -2.33. The fourth-order valence-corrected chi connectivity index (χ4v) is 4.91. The van der Waals surface area contributed by atoms with E-state index >= 15 is 0 Å². The number of nitrogens with zero attached hydrogens (tertiary/aromatic N) is 2. The average molecular weight is 452 g/mol. The second kappa shape index (κ2) is 8.19. The fraction of sp³-hybridized carbons (Fsp3) is 0.533. The van der Waals surface area contributed by atoms with Gasteiger partial charge in [0.25, 0.3) is 0 Å². The Hall–Kier alpha value is -1.34. The molecule has 1 aliphatic heterocycles. The number of alkyl halides is 6. The molecule has 0 bridgehead atoms. The zero-order valence-electron chi connectivity index (χ0n) is 14.5. The summed E-state index contributed by atoms with van der Waals surface area (Å²) in [5, 5.41) is 0. The van der Waals surface area contributed by atoms with E-state index in [-0.39, 0.29) is 21.9 Å². The van der Waals surface area contributed by atoms with E-state index in [2.05, 4.69) is 0 Å². The molecule has 1 aromatic carbocycles. The fourth-order valence-electron chi connectivity index (χ4n) is 2.63. The Labute approximate surface area is 163 Å². The van der Waals surface area contributed by atoms with E-state index in [0.717, 1.165) is 28.8 Å². The quantitative estimate of drug-likeness (QED) is 0.506. The highest BCUT2D eigenvalue weighted by atomic mass is 32.2. The van der Waals surface area contributed by atoms with Crippen LogP contribution in [0.4, 0.5) is 36.4 Å². The van der Waals surface area contributed by atoms with Gasteiger partial charge in [0.15, 0.2) is 10.4 Å². The number of amides is 1. The van der Waals surface area contributed by atoms with E-state index in [1.165, 1.54) is 14.0 Å². The molecular weight excluding hydrogens is 437 g/mol. The Morgan fingerprint density at radius 3 is 2.39 bits per heavy atom. The van der Waals surface area contributed by atoms with Crippen molar-refractivity contribution in [3.63, 3.8) is 0 Å². The predicted molar refractivity (Wildman–Crippen MR) is 90.9 cm³/mol. The van der Waals surface area contributed by atoms with E-state index in [0.29, 0.717) is 4.90 Å². The van der Waals surface area contributed by atoms with Crippen molar-refractivity contribution in [2.75, 3.05) is 30.0 Å². The second-order valence-corrected chi connectivity index (χ2v) is 8.52. The minimum absolute atomic E-state index is 0.0135. The normalized spacial score (nSPS) is 19.3. The molecular formula is C15H15F7N2O2S2. The molecule has 158 valence electrons. The molecule has 13 heteroatoms. The Morgan fingerprint density at radius 1 is 1.25 bits per heavy atom. The molecule has 4 nitrogen and oxygen atoms in total. The number of carbonyl (C=O) groups excluding carboxylic acids is 1. The van der Waals surface area contributed by atoms with Gasteiger partial charge in [-0.2, -0.15) is 26.3 Å². The number of hydrogen-bond acceptors (Lipinski definition) is 4. The van der Waals surface area contributed by atoms with Gasteiger partial charge in [0, 0.05) is 18.7 Å². The molecule has 2 atom stereocenters. The largest absolute Gasteiger partial charge is 0.611 e. The van der Waals surface area contributed by atoms with Crippen LogP contribution in [-0.2, 0) is 16.0 Å². The lowest BCUT2D eigenvalue weighted by atomic mass is 10.2. The van der Waals surface area contributed by atoms with Crippen LogP contribution in [0.2, 0.25) is 0 Å². The summed E-state index contributed by atoms with van der Waals surface area (Å²) in [6, 6.07) is 1.78. The maximum absolute atomic E-state index is 14.4. The number of hydrogen-bond donors (Lipinski definition) is 0. The number of rotatable bonds is 5. The van der Waals surface area contributed by atoms with Crippen molar-refractivity contribution in [1.82, 2.24) is 4.90 Å². The zero-order valence-corrected chi connectivity index (χ0v) is 16.2. The smallest absolute Gasteiger partial charge is 0.433 e. The van der Waals surface area contributed by atoms with Crippen LogP contribution in [0.25, 0.3) is 0 Å². The van der Waals surface area contributed by atoms with Crippen LogP contribution in [0, 0.1) is 12.7 Å². The van der Waals surface area contributed by atoms with Crippen molar-refractivity contribution in [1.29, 1.82) is 0 Å². The van der Waals surface area contributed by atoms with Crippen LogP contribution in [0.3, 0.4) is 0 Å². The SMILES string of the molecule is Cc1cc(F)c(N(C)C2SCC(=O)N2CC(F)(F)F)cc1[S@+]([O-])CC(F)(F)F. The number of aryl methyl sites for hydroxylation is 1. The highest BCUT2D eigenvalue weighted by Crippen LogP contribution is 2.36. The lowest BCUT2D eigenvalue weighted by molar-refractivity contribution is -0.159. The summed E-state index contributed by atoms with van der Waals surface area (Å²) in [6.45, 7) is -0.269. The lowest BCUT2D eigenvalue weighted by Crippen LogP contribution is -2.47. The molecule has 1 aromatic rings. The molecule has 0 radical (unpaired) electrons. The monoisotopic (exact) mass is 452 g/mol. The molecule has 1 aliphatic rings. The summed E-state index contributed by atoms with van der Waals surface area (Å²) < 4.78 is 102. The minimum Gasteiger partial charge on any atom is -0.611 e. The number of thioether (sulfide) groups is 1. The number of halogens is 7. The standard InChI is InChI=1S/C15H15F7N2O2S2/c1-8-3-9(16)10(4-11(8)28(26)7-15(20,21)22)23(2)13-24(6-14(17,18)19)12(25)5-27-13/h3-4,13H,5-7H2,1-2H3/t13?,28-/m1/s1. The van der Waals surface area contributed by atoms with Crippen molar-refractivity contribution in [3.05, 3.63) is 23.5 Å². The number of carbonyl (C=O) groups is 1. The summed E-state index contributed by atoms with van der Waals surface area (Å²) in [7, 11) is 1.21. The van der Waals surface area contributed by atoms with Crippen molar-refractivity contribution < 1.29 is 40.1 Å². The van der Waals surface area contributed by atoms with Crippen molar-refractivity contribution in [2.45, 2.75) is 29.7 Å². The first-order valence-electron chi connectivity index (χ1n) is 7.65. The summed E-state index contributed by atoms with van der Waals surface area (Å²) >= 11 is -1.70. The van der Waals surface area contributed by atoms with E-state index in [9.17, 15) is 40.1 Å². The molecule has 28 heavy (non-hydrogen) atoms. The van der Waals surface area contributed by atoms with Crippen LogP contribution in [0.1, 0.15) is 5.56 Å². The van der Waals surface area contributed by atoms with Gasteiger partial charge in [-0.1, -0.05) is 0 Å². The van der Waals surface area contributed by atoms with Gasteiger partial charge >= 0.3 is 12.4 Å². The number of anilines is 1. The van der Waals surface area contributed by atoms with Gasteiger partial charge in [-0.25, -0.2) is 4.39 Å². The molecule has 1 amide bonds. The molecule has 0 aromatic heterocycles. The van der Waals surface area contributed by atoms with Gasteiger partial charge in [-0.15, -0.1) is 11.8 Å². The van der Waals surface area contributed by atoms with Gasteiger partial charge in [0.2, 0.25) is 11.7 Å². The Kier molecular flexibility index (Phi) is 6.71. The third kappa shape index (κ3) is 5.60. The highest BCUT2D eigenvalue weighted by Gasteiger charge is 2.43. The second-order valence-electron chi connectivity index (χ2n) is 6.06. The maximum atomic E-state index is 14.4. The van der Waals surface area contributed by atoms with E-state index in [4.69, 9.17) is 0 Å². The summed E-state index contributed by atoms with van der Waals surface area (Å²) in [6.07, 6.45) is -9.39. The molecule has 1 heterocycles.